The van der Waals surface area contributed by atoms with Gasteiger partial charge in [-0.1, -0.05) is 0 Å². The van der Waals surface area contributed by atoms with Crippen LogP contribution in [0.15, 0.2) is 89.5 Å². The fourth-order valence-corrected chi connectivity index (χ4v) is 5.93. The van der Waals surface area contributed by atoms with E-state index in [0.29, 0.717) is 62.2 Å². The molecule has 0 saturated carbocycles. The molecule has 10 nitrogen and oxygen atoms in total. The number of aromatic nitrogens is 1. The molecule has 1 aromatic heterocycles. The summed E-state index contributed by atoms with van der Waals surface area (Å²) in [4.78, 5) is 54.3. The third-order valence-corrected chi connectivity index (χ3v) is 8.20. The van der Waals surface area contributed by atoms with E-state index in [4.69, 9.17) is 15.0 Å². The number of aliphatic hydroxyl groups is 1. The number of aliphatic imine (C=N–C) groups is 3. The maximum atomic E-state index is 13.1. The summed E-state index contributed by atoms with van der Waals surface area (Å²) >= 11 is 0. The molecular formula is C34H34N4O6. The zero-order valence-corrected chi connectivity index (χ0v) is 25.5. The van der Waals surface area contributed by atoms with Gasteiger partial charge < -0.3 is 20.3 Å². The van der Waals surface area contributed by atoms with Crippen molar-refractivity contribution in [3.05, 3.63) is 91.5 Å². The van der Waals surface area contributed by atoms with Crippen LogP contribution in [0, 0.1) is 6.92 Å². The quantitative estimate of drug-likeness (QED) is 0.268. The minimum Gasteiger partial charge on any atom is -0.512 e. The molecule has 0 aromatic carbocycles. The van der Waals surface area contributed by atoms with Crippen molar-refractivity contribution in [2.75, 3.05) is 0 Å². The first-order valence-corrected chi connectivity index (χ1v) is 14.3. The average Bonchev–Trinajstić information content (AvgIpc) is 3.63. The number of carboxylic acid groups (broad SMARTS) is 2. The second-order valence-electron chi connectivity index (χ2n) is 11.4. The Morgan fingerprint density at radius 1 is 0.773 bits per heavy atom. The summed E-state index contributed by atoms with van der Waals surface area (Å²) < 4.78 is 0. The molecule has 4 aliphatic heterocycles. The normalized spacial score (nSPS) is 19.0. The van der Waals surface area contributed by atoms with Crippen LogP contribution in [-0.4, -0.2) is 55.2 Å². The van der Waals surface area contributed by atoms with E-state index in [1.54, 1.807) is 12.2 Å². The van der Waals surface area contributed by atoms with Crippen molar-refractivity contribution in [3.8, 4) is 0 Å². The lowest BCUT2D eigenvalue weighted by Crippen LogP contribution is -2.13. The van der Waals surface area contributed by atoms with E-state index >= 15 is 0 Å². The molecule has 10 heteroatoms. The van der Waals surface area contributed by atoms with E-state index in [1.165, 1.54) is 13.8 Å². The van der Waals surface area contributed by atoms with Crippen molar-refractivity contribution in [1.82, 2.24) is 4.98 Å². The topological polar surface area (TPSA) is 165 Å². The first kappa shape index (κ1) is 30.3. The molecule has 4 aliphatic rings. The number of H-pyrrole nitrogens is 1. The molecule has 0 unspecified atom stereocenters. The van der Waals surface area contributed by atoms with Crippen LogP contribution in [0.3, 0.4) is 0 Å². The highest BCUT2D eigenvalue weighted by molar-refractivity contribution is 6.36. The van der Waals surface area contributed by atoms with E-state index in [9.17, 15) is 29.7 Å². The summed E-state index contributed by atoms with van der Waals surface area (Å²) in [6, 6.07) is 1.89. The second kappa shape index (κ2) is 11.5. The number of carbonyl (C=O) groups is 3. The zero-order chi connectivity index (χ0) is 32.0. The Kier molecular flexibility index (Phi) is 7.94. The van der Waals surface area contributed by atoms with Crippen LogP contribution < -0.4 is 0 Å². The van der Waals surface area contributed by atoms with Gasteiger partial charge >= 0.3 is 11.9 Å². The molecule has 44 heavy (non-hydrogen) atoms. The molecule has 1 aromatic rings. The summed E-state index contributed by atoms with van der Waals surface area (Å²) in [5.74, 6) is -2.11. The van der Waals surface area contributed by atoms with Gasteiger partial charge in [-0.2, -0.15) is 0 Å². The molecule has 0 saturated heterocycles. The van der Waals surface area contributed by atoms with Crippen LogP contribution in [0.5, 0.6) is 0 Å². The molecule has 0 spiro atoms. The number of ketones is 1. The fraction of sp³-hybridized carbons (Fsp3) is 0.294. The number of allylic oxidation sites excluding steroid dienone is 10. The van der Waals surface area contributed by atoms with Gasteiger partial charge in [0, 0.05) is 18.5 Å². The third kappa shape index (κ3) is 5.50. The smallest absolute Gasteiger partial charge is 0.303 e. The minimum atomic E-state index is -0.960. The number of nitrogens with one attached hydrogen (secondary N) is 1. The highest BCUT2D eigenvalue weighted by atomic mass is 16.4. The van der Waals surface area contributed by atoms with Gasteiger partial charge in [0.15, 0.2) is 5.78 Å². The van der Waals surface area contributed by atoms with Gasteiger partial charge in [0.1, 0.15) is 5.76 Å². The summed E-state index contributed by atoms with van der Waals surface area (Å²) in [6.07, 6.45) is 5.66. The van der Waals surface area contributed by atoms with Gasteiger partial charge in [-0.25, -0.2) is 15.0 Å². The van der Waals surface area contributed by atoms with Crippen molar-refractivity contribution < 1.29 is 29.7 Å². The Bertz CT molecular complexity index is 1870. The Balaban J connectivity index is 1.85. The summed E-state index contributed by atoms with van der Waals surface area (Å²) in [5, 5.41) is 29.9. The van der Waals surface area contributed by atoms with Gasteiger partial charge in [0.2, 0.25) is 0 Å². The number of aliphatic hydroxyl groups excluding tert-OH is 1. The molecule has 8 bridgehead atoms. The van der Waals surface area contributed by atoms with E-state index in [-0.39, 0.29) is 37.2 Å². The van der Waals surface area contributed by atoms with Crippen molar-refractivity contribution in [3.63, 3.8) is 0 Å². The van der Waals surface area contributed by atoms with Crippen LogP contribution in [0.2, 0.25) is 0 Å². The molecule has 0 amide bonds. The lowest BCUT2D eigenvalue weighted by molar-refractivity contribution is -0.137. The number of rotatable bonds is 7. The number of carbonyl (C=O) groups excluding carboxylic acids is 1. The SMILES string of the molecule is CC(=O)C1=C2N=C(C=C2C)C(=C(C)O)C2=NC(=CC3=NC(=Cc4[nH]c1cc4C)C(C)=C3CCC(=O)O)C(CCC(=O)O)=C2C. The molecule has 0 radical (unpaired) electrons. The summed E-state index contributed by atoms with van der Waals surface area (Å²) in [6.45, 7) is 10.5. The number of fused-ring (bicyclic) bond motifs is 5. The van der Waals surface area contributed by atoms with Gasteiger partial charge in [-0.15, -0.1) is 0 Å². The number of hydrogen-bond acceptors (Lipinski definition) is 7. The highest BCUT2D eigenvalue weighted by Crippen LogP contribution is 2.39. The average molecular weight is 595 g/mol. The van der Waals surface area contributed by atoms with Crippen molar-refractivity contribution in [1.29, 1.82) is 0 Å². The Labute approximate surface area is 254 Å². The van der Waals surface area contributed by atoms with E-state index < -0.39 is 11.9 Å². The number of aliphatic carboxylic acids is 2. The molecule has 5 heterocycles. The van der Waals surface area contributed by atoms with E-state index in [2.05, 4.69) is 4.98 Å². The van der Waals surface area contributed by atoms with E-state index in [1.807, 2.05) is 39.8 Å². The van der Waals surface area contributed by atoms with Crippen molar-refractivity contribution >= 4 is 46.5 Å². The van der Waals surface area contributed by atoms with Crippen LogP contribution in [0.1, 0.15) is 77.3 Å². The maximum Gasteiger partial charge on any atom is 0.303 e. The second-order valence-corrected chi connectivity index (χ2v) is 11.4. The molecule has 5 rings (SSSR count). The number of Topliss-reactive ketones (excluding diaryl/α,β-unsaturated/α-hetero) is 1. The number of aryl methyl sites for hydroxylation is 1. The maximum absolute atomic E-state index is 13.1. The monoisotopic (exact) mass is 594 g/mol. The molecule has 0 atom stereocenters. The summed E-state index contributed by atoms with van der Waals surface area (Å²) in [5.41, 5.74) is 9.69. The number of aromatic amines is 1. The van der Waals surface area contributed by atoms with Gasteiger partial charge in [0.05, 0.1) is 51.1 Å². The molecule has 0 aliphatic carbocycles. The predicted molar refractivity (Wildman–Crippen MR) is 170 cm³/mol. The molecular weight excluding hydrogens is 560 g/mol. The largest absolute Gasteiger partial charge is 0.512 e. The Morgan fingerprint density at radius 2 is 1.43 bits per heavy atom. The minimum absolute atomic E-state index is 0.0317. The summed E-state index contributed by atoms with van der Waals surface area (Å²) in [7, 11) is 0. The van der Waals surface area contributed by atoms with Crippen LogP contribution in [-0.2, 0) is 14.4 Å². The van der Waals surface area contributed by atoms with E-state index in [0.717, 1.165) is 28.0 Å². The number of nitrogens with zero attached hydrogens (tertiary/aromatic N) is 3. The third-order valence-electron chi connectivity index (χ3n) is 8.20. The predicted octanol–water partition coefficient (Wildman–Crippen LogP) is 6.37. The standard InChI is InChI=1S/C34H34N4O6/c1-15-11-27-31(19(5)39)33-16(2)12-28(38-33)32(20(6)40)34-18(4)22(8-10-30(43)44)26(37-34)14-25-21(7-9-29(41)42)17(3)24(36-25)13-23(15)35-27/h11-14,35,40H,7-10H2,1-6H3,(H,41,42)(H,43,44). The van der Waals surface area contributed by atoms with Gasteiger partial charge in [-0.3, -0.25) is 14.4 Å². The first-order valence-electron chi connectivity index (χ1n) is 14.3. The van der Waals surface area contributed by atoms with Crippen molar-refractivity contribution in [2.45, 2.75) is 67.2 Å². The molecule has 4 N–H and O–H groups in total. The highest BCUT2D eigenvalue weighted by Gasteiger charge is 2.32. The fourth-order valence-electron chi connectivity index (χ4n) is 5.93. The zero-order valence-electron chi connectivity index (χ0n) is 25.5. The van der Waals surface area contributed by atoms with Gasteiger partial charge in [0.25, 0.3) is 0 Å². The van der Waals surface area contributed by atoms with Crippen LogP contribution in [0.4, 0.5) is 0 Å². The Hall–Kier alpha value is -5.12. The van der Waals surface area contributed by atoms with Gasteiger partial charge in [-0.05, 0) is 112 Å². The van der Waals surface area contributed by atoms with Crippen molar-refractivity contribution in [2.24, 2.45) is 15.0 Å². The number of carboxylic acids is 2. The van der Waals surface area contributed by atoms with Crippen LogP contribution in [0.25, 0.3) is 11.6 Å². The first-order chi connectivity index (χ1) is 20.8. The van der Waals surface area contributed by atoms with Crippen LogP contribution >= 0.6 is 0 Å². The molecule has 0 fully saturated rings. The lowest BCUT2D eigenvalue weighted by atomic mass is 9.93. The number of hydrogen-bond donors (Lipinski definition) is 4. The molecule has 226 valence electrons. The lowest BCUT2D eigenvalue weighted by Gasteiger charge is -2.10. The Morgan fingerprint density at radius 3 is 2.05 bits per heavy atom.